The predicted octanol–water partition coefficient (Wildman–Crippen LogP) is 4.98. The van der Waals surface area contributed by atoms with Crippen LogP contribution >= 0.6 is 11.6 Å². The van der Waals surface area contributed by atoms with E-state index >= 15 is 0 Å². The van der Waals surface area contributed by atoms with Crippen molar-refractivity contribution in [2.75, 3.05) is 19.6 Å². The summed E-state index contributed by atoms with van der Waals surface area (Å²) in [5.74, 6) is 0.00826. The summed E-state index contributed by atoms with van der Waals surface area (Å²) >= 11 is 6.49. The highest BCUT2D eigenvalue weighted by atomic mass is 35.5. The fourth-order valence-electron chi connectivity index (χ4n) is 3.65. The third-order valence-corrected chi connectivity index (χ3v) is 5.73. The molecule has 1 aliphatic rings. The van der Waals surface area contributed by atoms with E-state index in [9.17, 15) is 4.79 Å². The van der Waals surface area contributed by atoms with Crippen molar-refractivity contribution in [2.24, 2.45) is 5.10 Å². The van der Waals surface area contributed by atoms with Crippen LogP contribution in [0.15, 0.2) is 47.6 Å². The number of hydrogen-bond acceptors (Lipinski definition) is 3. The summed E-state index contributed by atoms with van der Waals surface area (Å²) in [4.78, 5) is 15.2. The molecule has 1 heterocycles. The van der Waals surface area contributed by atoms with E-state index < -0.39 is 0 Å². The molecule has 3 rings (SSSR count). The Bertz CT molecular complexity index is 889. The number of carbonyl (C=O) groups is 1. The topological polar surface area (TPSA) is 35.9 Å². The van der Waals surface area contributed by atoms with Gasteiger partial charge in [0.1, 0.15) is 0 Å². The number of halogens is 1. The molecule has 2 aromatic rings. The minimum atomic E-state index is -0.174. The van der Waals surface area contributed by atoms with Crippen LogP contribution in [-0.2, 0) is 4.79 Å². The number of aryl methyl sites for hydroxylation is 2. The molecule has 0 fully saturated rings. The van der Waals surface area contributed by atoms with Crippen molar-refractivity contribution in [3.05, 3.63) is 69.7 Å². The van der Waals surface area contributed by atoms with Crippen molar-refractivity contribution < 1.29 is 4.79 Å². The van der Waals surface area contributed by atoms with Gasteiger partial charge >= 0.3 is 0 Å². The van der Waals surface area contributed by atoms with Crippen molar-refractivity contribution in [1.82, 2.24) is 9.91 Å². The smallest absolute Gasteiger partial charge is 0.257 e. The molecule has 0 aromatic heterocycles. The Labute approximate surface area is 172 Å². The zero-order valence-corrected chi connectivity index (χ0v) is 17.8. The Hall–Kier alpha value is -2.17. The Balaban J connectivity index is 1.99. The van der Waals surface area contributed by atoms with Gasteiger partial charge in [-0.3, -0.25) is 9.69 Å². The number of carbonyl (C=O) groups excluding carboxylic acids is 1. The van der Waals surface area contributed by atoms with E-state index in [-0.39, 0.29) is 11.9 Å². The summed E-state index contributed by atoms with van der Waals surface area (Å²) in [7, 11) is 0. The number of benzene rings is 2. The maximum absolute atomic E-state index is 13.1. The molecule has 2 aromatic carbocycles. The Morgan fingerprint density at radius 3 is 2.57 bits per heavy atom. The van der Waals surface area contributed by atoms with E-state index in [1.165, 1.54) is 11.1 Å². The monoisotopic (exact) mass is 397 g/mol. The van der Waals surface area contributed by atoms with Gasteiger partial charge in [-0.05, 0) is 50.2 Å². The van der Waals surface area contributed by atoms with Gasteiger partial charge in [-0.1, -0.05) is 61.3 Å². The molecular formula is C23H28ClN3O. The van der Waals surface area contributed by atoms with Crippen LogP contribution in [0.4, 0.5) is 0 Å². The van der Waals surface area contributed by atoms with Gasteiger partial charge in [-0.25, -0.2) is 5.01 Å². The predicted molar refractivity (Wildman–Crippen MR) is 116 cm³/mol. The second-order valence-corrected chi connectivity index (χ2v) is 7.71. The second-order valence-electron chi connectivity index (χ2n) is 7.31. The Kier molecular flexibility index (Phi) is 6.53. The molecule has 28 heavy (non-hydrogen) atoms. The number of amides is 1. The molecule has 0 radical (unpaired) electrons. The van der Waals surface area contributed by atoms with Gasteiger partial charge in [-0.15, -0.1) is 0 Å². The molecule has 0 unspecified atom stereocenters. The Morgan fingerprint density at radius 2 is 1.89 bits per heavy atom. The van der Waals surface area contributed by atoms with Gasteiger partial charge in [0, 0.05) is 17.0 Å². The zero-order valence-electron chi connectivity index (χ0n) is 17.1. The molecule has 1 atom stereocenters. The molecule has 0 saturated carbocycles. The first kappa shape index (κ1) is 20.6. The lowest BCUT2D eigenvalue weighted by molar-refractivity contribution is -0.134. The number of hydrazone groups is 1. The summed E-state index contributed by atoms with van der Waals surface area (Å²) in [5.41, 5.74) is 5.35. The standard InChI is InChI=1S/C23H28ClN3O/c1-5-26(6-2)15-23(28)27-22(18-9-7-8-10-20(18)24)14-21(25-27)19-13-16(3)11-12-17(19)4/h7-13,22H,5-6,14-15H2,1-4H3/t22-/m0/s1. The minimum Gasteiger partial charge on any atom is -0.295 e. The first-order valence-corrected chi connectivity index (χ1v) is 10.3. The molecule has 0 saturated heterocycles. The number of rotatable bonds is 6. The molecule has 1 aliphatic heterocycles. The minimum absolute atomic E-state index is 0.00826. The van der Waals surface area contributed by atoms with Gasteiger partial charge in [0.05, 0.1) is 18.3 Å². The highest BCUT2D eigenvalue weighted by molar-refractivity contribution is 6.31. The number of hydrogen-bond donors (Lipinski definition) is 0. The highest BCUT2D eigenvalue weighted by Crippen LogP contribution is 2.36. The Morgan fingerprint density at radius 1 is 1.18 bits per heavy atom. The van der Waals surface area contributed by atoms with E-state index in [1.54, 1.807) is 5.01 Å². The SMILES string of the molecule is CCN(CC)CC(=O)N1N=C(c2cc(C)ccc2C)C[C@H]1c1ccccc1Cl. The van der Waals surface area contributed by atoms with Crippen LogP contribution in [0.3, 0.4) is 0 Å². The van der Waals surface area contributed by atoms with Crippen LogP contribution in [0.5, 0.6) is 0 Å². The summed E-state index contributed by atoms with van der Waals surface area (Å²) in [6.07, 6.45) is 0.665. The van der Waals surface area contributed by atoms with Gasteiger partial charge in [-0.2, -0.15) is 5.10 Å². The first-order valence-electron chi connectivity index (χ1n) is 9.88. The zero-order chi connectivity index (χ0) is 20.3. The summed E-state index contributed by atoms with van der Waals surface area (Å²) in [6, 6.07) is 13.9. The summed E-state index contributed by atoms with van der Waals surface area (Å²) < 4.78 is 0. The van der Waals surface area contributed by atoms with E-state index in [0.717, 1.165) is 29.9 Å². The van der Waals surface area contributed by atoms with Crippen LogP contribution in [0.1, 0.15) is 48.6 Å². The van der Waals surface area contributed by atoms with Crippen molar-refractivity contribution in [3.8, 4) is 0 Å². The quantitative estimate of drug-likeness (QED) is 0.689. The van der Waals surface area contributed by atoms with Crippen LogP contribution in [0.2, 0.25) is 5.02 Å². The lowest BCUT2D eigenvalue weighted by Gasteiger charge is -2.26. The molecule has 5 heteroatoms. The molecule has 1 amide bonds. The molecule has 0 bridgehead atoms. The van der Waals surface area contributed by atoms with E-state index in [4.69, 9.17) is 16.7 Å². The van der Waals surface area contributed by atoms with E-state index in [2.05, 4.69) is 50.8 Å². The third kappa shape index (κ3) is 4.29. The largest absolute Gasteiger partial charge is 0.295 e. The fourth-order valence-corrected chi connectivity index (χ4v) is 3.91. The van der Waals surface area contributed by atoms with E-state index in [0.29, 0.717) is 18.0 Å². The van der Waals surface area contributed by atoms with Gasteiger partial charge < -0.3 is 0 Å². The van der Waals surface area contributed by atoms with Gasteiger partial charge in [0.2, 0.25) is 0 Å². The van der Waals surface area contributed by atoms with Crippen molar-refractivity contribution in [1.29, 1.82) is 0 Å². The van der Waals surface area contributed by atoms with Crippen molar-refractivity contribution in [3.63, 3.8) is 0 Å². The molecule has 0 spiro atoms. The average molecular weight is 398 g/mol. The average Bonchev–Trinajstić information content (AvgIpc) is 3.13. The normalized spacial score (nSPS) is 16.6. The third-order valence-electron chi connectivity index (χ3n) is 5.39. The van der Waals surface area contributed by atoms with Crippen LogP contribution in [0, 0.1) is 13.8 Å². The van der Waals surface area contributed by atoms with Gasteiger partial charge in [0.15, 0.2) is 0 Å². The fraction of sp³-hybridized carbons (Fsp3) is 0.391. The lowest BCUT2D eigenvalue weighted by atomic mass is 9.95. The summed E-state index contributed by atoms with van der Waals surface area (Å²) in [5, 5.41) is 7.12. The first-order chi connectivity index (χ1) is 13.4. The maximum Gasteiger partial charge on any atom is 0.257 e. The molecule has 0 aliphatic carbocycles. The second kappa shape index (κ2) is 8.89. The van der Waals surface area contributed by atoms with Crippen LogP contribution < -0.4 is 0 Å². The molecule has 4 nitrogen and oxygen atoms in total. The summed E-state index contributed by atoms with van der Waals surface area (Å²) in [6.45, 7) is 10.3. The maximum atomic E-state index is 13.1. The highest BCUT2D eigenvalue weighted by Gasteiger charge is 2.34. The van der Waals surface area contributed by atoms with Crippen molar-refractivity contribution >= 4 is 23.2 Å². The lowest BCUT2D eigenvalue weighted by Crippen LogP contribution is -2.38. The van der Waals surface area contributed by atoms with Crippen LogP contribution in [0.25, 0.3) is 0 Å². The molecular weight excluding hydrogens is 370 g/mol. The van der Waals surface area contributed by atoms with Crippen LogP contribution in [-0.4, -0.2) is 41.2 Å². The molecule has 148 valence electrons. The molecule has 0 N–H and O–H groups in total. The van der Waals surface area contributed by atoms with E-state index in [1.807, 2.05) is 24.3 Å². The van der Waals surface area contributed by atoms with Gasteiger partial charge in [0.25, 0.3) is 5.91 Å². The number of likely N-dealkylation sites (N-methyl/N-ethyl adjacent to an activating group) is 1. The van der Waals surface area contributed by atoms with Crippen molar-refractivity contribution in [2.45, 2.75) is 40.2 Å². The number of nitrogens with zero attached hydrogens (tertiary/aromatic N) is 3.